The highest BCUT2D eigenvalue weighted by Crippen LogP contribution is 2.10. The number of nitrogens with one attached hydrogen (secondary N) is 1. The molecule has 2 rings (SSSR count). The third-order valence-electron chi connectivity index (χ3n) is 3.61. The fourth-order valence-corrected chi connectivity index (χ4v) is 2.64. The van der Waals surface area contributed by atoms with E-state index in [1.54, 1.807) is 6.07 Å². The molecule has 21 heavy (non-hydrogen) atoms. The number of amides is 1. The topological polar surface area (TPSA) is 58.4 Å². The molecule has 1 heterocycles. The average molecular weight is 285 g/mol. The molecule has 1 atom stereocenters. The molecule has 0 aromatic heterocycles. The number of rotatable bonds is 4. The molecular formula is C17H23N3O. The monoisotopic (exact) mass is 285 g/mol. The summed E-state index contributed by atoms with van der Waals surface area (Å²) in [6, 6.07) is 7.52. The first-order chi connectivity index (χ1) is 10.2. The van der Waals surface area contributed by atoms with Gasteiger partial charge in [-0.15, -0.1) is 0 Å². The van der Waals surface area contributed by atoms with Gasteiger partial charge in [-0.25, -0.2) is 0 Å². The summed E-state index contributed by atoms with van der Waals surface area (Å²) in [5, 5.41) is 3.06. The van der Waals surface area contributed by atoms with E-state index in [9.17, 15) is 4.79 Å². The second-order valence-corrected chi connectivity index (χ2v) is 5.43. The number of carbonyl (C=O) groups excluding carboxylic acids is 1. The van der Waals surface area contributed by atoms with Crippen LogP contribution in [0.15, 0.2) is 24.3 Å². The molecule has 1 aromatic carbocycles. The van der Waals surface area contributed by atoms with Crippen molar-refractivity contribution in [2.24, 2.45) is 5.73 Å². The van der Waals surface area contributed by atoms with Crippen molar-refractivity contribution in [2.75, 3.05) is 26.2 Å². The molecule has 1 unspecified atom stereocenters. The number of benzene rings is 1. The van der Waals surface area contributed by atoms with Gasteiger partial charge in [-0.1, -0.05) is 24.0 Å². The summed E-state index contributed by atoms with van der Waals surface area (Å²) < 4.78 is 0. The number of hydrogen-bond donors (Lipinski definition) is 2. The fourth-order valence-electron chi connectivity index (χ4n) is 2.64. The maximum atomic E-state index is 12.4. The molecule has 3 N–H and O–H groups in total. The molecule has 1 amide bonds. The van der Waals surface area contributed by atoms with Crippen molar-refractivity contribution in [1.29, 1.82) is 0 Å². The van der Waals surface area contributed by atoms with Crippen LogP contribution in [-0.4, -0.2) is 43.0 Å². The Morgan fingerprint density at radius 2 is 2.10 bits per heavy atom. The van der Waals surface area contributed by atoms with Crippen LogP contribution in [0.1, 0.15) is 35.7 Å². The Morgan fingerprint density at radius 3 is 2.81 bits per heavy atom. The molecule has 0 radical (unpaired) electrons. The third-order valence-corrected chi connectivity index (χ3v) is 3.61. The minimum Gasteiger partial charge on any atom is -0.348 e. The van der Waals surface area contributed by atoms with Crippen molar-refractivity contribution in [3.8, 4) is 11.8 Å². The highest BCUT2D eigenvalue weighted by molar-refractivity contribution is 5.96. The quantitative estimate of drug-likeness (QED) is 0.818. The van der Waals surface area contributed by atoms with Crippen LogP contribution >= 0.6 is 0 Å². The van der Waals surface area contributed by atoms with Crippen molar-refractivity contribution in [1.82, 2.24) is 10.2 Å². The molecule has 1 aromatic rings. The molecule has 0 spiro atoms. The standard InChI is InChI=1S/C17H23N3O/c1-14(13-20-11-4-5-12-20)19-17(21)16-9-3-2-7-15(16)8-6-10-18/h2-3,7,9,14H,4-5,10-13,18H2,1H3,(H,19,21). The average Bonchev–Trinajstić information content (AvgIpc) is 2.98. The normalized spacial score (nSPS) is 16.1. The van der Waals surface area contributed by atoms with E-state index in [1.165, 1.54) is 12.8 Å². The molecule has 0 aliphatic carbocycles. The fraction of sp³-hybridized carbons (Fsp3) is 0.471. The first-order valence-electron chi connectivity index (χ1n) is 7.52. The van der Waals surface area contributed by atoms with Gasteiger partial charge in [0.25, 0.3) is 5.91 Å². The van der Waals surface area contributed by atoms with Crippen LogP contribution < -0.4 is 11.1 Å². The molecule has 4 heteroatoms. The van der Waals surface area contributed by atoms with Crippen molar-refractivity contribution in [2.45, 2.75) is 25.8 Å². The van der Waals surface area contributed by atoms with Gasteiger partial charge in [0.05, 0.1) is 12.1 Å². The number of nitrogens with zero attached hydrogens (tertiary/aromatic N) is 1. The third kappa shape index (κ3) is 4.59. The summed E-state index contributed by atoms with van der Waals surface area (Å²) in [5.41, 5.74) is 6.74. The minimum absolute atomic E-state index is 0.0661. The first kappa shape index (κ1) is 15.6. The molecule has 0 saturated carbocycles. The molecule has 1 aliphatic rings. The number of carbonyl (C=O) groups is 1. The molecule has 112 valence electrons. The van der Waals surface area contributed by atoms with Gasteiger partial charge in [0.2, 0.25) is 0 Å². The van der Waals surface area contributed by atoms with Crippen molar-refractivity contribution in [3.63, 3.8) is 0 Å². The van der Waals surface area contributed by atoms with E-state index in [1.807, 2.05) is 25.1 Å². The number of likely N-dealkylation sites (tertiary alicyclic amines) is 1. The molecule has 1 fully saturated rings. The zero-order valence-electron chi connectivity index (χ0n) is 12.6. The Hall–Kier alpha value is -1.83. The van der Waals surface area contributed by atoms with Crippen LogP contribution in [-0.2, 0) is 0 Å². The van der Waals surface area contributed by atoms with E-state index >= 15 is 0 Å². The van der Waals surface area contributed by atoms with Crippen molar-refractivity contribution < 1.29 is 4.79 Å². The van der Waals surface area contributed by atoms with Crippen LogP contribution in [0.3, 0.4) is 0 Å². The Bertz CT molecular complexity index is 538. The lowest BCUT2D eigenvalue weighted by atomic mass is 10.1. The second-order valence-electron chi connectivity index (χ2n) is 5.43. The molecule has 4 nitrogen and oxygen atoms in total. The van der Waals surface area contributed by atoms with Gasteiger partial charge in [0.15, 0.2) is 0 Å². The molecular weight excluding hydrogens is 262 g/mol. The summed E-state index contributed by atoms with van der Waals surface area (Å²) in [7, 11) is 0. The first-order valence-corrected chi connectivity index (χ1v) is 7.52. The summed E-state index contributed by atoms with van der Waals surface area (Å²) in [6.45, 7) is 5.52. The van der Waals surface area contributed by atoms with Crippen LogP contribution in [0, 0.1) is 11.8 Å². The van der Waals surface area contributed by atoms with Crippen LogP contribution in [0.4, 0.5) is 0 Å². The van der Waals surface area contributed by atoms with Gasteiger partial charge < -0.3 is 16.0 Å². The van der Waals surface area contributed by atoms with E-state index in [-0.39, 0.29) is 11.9 Å². The van der Waals surface area contributed by atoms with E-state index in [4.69, 9.17) is 5.73 Å². The van der Waals surface area contributed by atoms with Gasteiger partial charge in [0.1, 0.15) is 0 Å². The van der Waals surface area contributed by atoms with Crippen molar-refractivity contribution >= 4 is 5.91 Å². The predicted octanol–water partition coefficient (Wildman–Crippen LogP) is 1.21. The van der Waals surface area contributed by atoms with Crippen molar-refractivity contribution in [3.05, 3.63) is 35.4 Å². The van der Waals surface area contributed by atoms with Gasteiger partial charge in [0, 0.05) is 18.2 Å². The molecule has 1 aliphatic heterocycles. The van der Waals surface area contributed by atoms with Gasteiger partial charge in [-0.2, -0.15) is 0 Å². The summed E-state index contributed by atoms with van der Waals surface area (Å²) in [6.07, 6.45) is 2.52. The van der Waals surface area contributed by atoms with Gasteiger partial charge in [-0.3, -0.25) is 4.79 Å². The highest BCUT2D eigenvalue weighted by atomic mass is 16.1. The van der Waals surface area contributed by atoms with E-state index in [0.717, 1.165) is 25.2 Å². The summed E-state index contributed by atoms with van der Waals surface area (Å²) in [5.74, 6) is 5.69. The lowest BCUT2D eigenvalue weighted by molar-refractivity contribution is 0.0931. The maximum absolute atomic E-state index is 12.4. The van der Waals surface area contributed by atoms with Crippen LogP contribution in [0.5, 0.6) is 0 Å². The zero-order valence-corrected chi connectivity index (χ0v) is 12.6. The van der Waals surface area contributed by atoms with E-state index in [0.29, 0.717) is 12.1 Å². The summed E-state index contributed by atoms with van der Waals surface area (Å²) in [4.78, 5) is 14.8. The molecule has 0 bridgehead atoms. The van der Waals surface area contributed by atoms with Gasteiger partial charge >= 0.3 is 0 Å². The lowest BCUT2D eigenvalue weighted by Crippen LogP contribution is -2.41. The predicted molar refractivity (Wildman–Crippen MR) is 85.0 cm³/mol. The Kier molecular flexibility index (Phi) is 5.79. The summed E-state index contributed by atoms with van der Waals surface area (Å²) >= 11 is 0. The van der Waals surface area contributed by atoms with E-state index < -0.39 is 0 Å². The molecule has 1 saturated heterocycles. The van der Waals surface area contributed by atoms with Crippen LogP contribution in [0.2, 0.25) is 0 Å². The number of nitrogens with two attached hydrogens (primary N) is 1. The number of hydrogen-bond acceptors (Lipinski definition) is 3. The second kappa shape index (κ2) is 7.82. The smallest absolute Gasteiger partial charge is 0.252 e. The highest BCUT2D eigenvalue weighted by Gasteiger charge is 2.17. The largest absolute Gasteiger partial charge is 0.348 e. The Balaban J connectivity index is 1.99. The van der Waals surface area contributed by atoms with Gasteiger partial charge in [-0.05, 0) is 45.0 Å². The zero-order chi connectivity index (χ0) is 15.1. The SMILES string of the molecule is CC(CN1CCCC1)NC(=O)c1ccccc1C#CCN. The lowest BCUT2D eigenvalue weighted by Gasteiger charge is -2.21. The van der Waals surface area contributed by atoms with Crippen LogP contribution in [0.25, 0.3) is 0 Å². The Morgan fingerprint density at radius 1 is 1.38 bits per heavy atom. The Labute approximate surface area is 126 Å². The maximum Gasteiger partial charge on any atom is 0.252 e. The van der Waals surface area contributed by atoms with E-state index in [2.05, 4.69) is 22.1 Å². The minimum atomic E-state index is -0.0661.